The molecule has 1 fully saturated rings. The van der Waals surface area contributed by atoms with Crippen LogP contribution in [0.25, 0.3) is 6.08 Å². The number of carbonyl (C=O) groups excluding carboxylic acids is 1. The normalized spacial score (nSPS) is 14.6. The first-order valence-corrected chi connectivity index (χ1v) is 12.3. The summed E-state index contributed by atoms with van der Waals surface area (Å²) in [6.45, 7) is 0.438. The van der Waals surface area contributed by atoms with E-state index in [1.807, 2.05) is 60.7 Å². The van der Waals surface area contributed by atoms with E-state index in [2.05, 4.69) is 22.6 Å². The van der Waals surface area contributed by atoms with Gasteiger partial charge in [0.15, 0.2) is 15.8 Å². The van der Waals surface area contributed by atoms with Gasteiger partial charge in [-0.1, -0.05) is 42.2 Å². The summed E-state index contributed by atoms with van der Waals surface area (Å²) in [5.41, 5.74) is 2.60. The van der Waals surface area contributed by atoms with Crippen LogP contribution >= 0.6 is 46.6 Å². The zero-order valence-electron chi connectivity index (χ0n) is 17.9. The molecule has 5 nitrogen and oxygen atoms in total. The number of hydrogen-bond donors (Lipinski definition) is 0. The van der Waals surface area contributed by atoms with Gasteiger partial charge < -0.3 is 14.2 Å². The molecule has 1 amide bonds. The number of benzene rings is 3. The van der Waals surface area contributed by atoms with Gasteiger partial charge in [0.1, 0.15) is 12.4 Å². The lowest BCUT2D eigenvalue weighted by atomic mass is 10.1. The molecule has 0 bridgehead atoms. The van der Waals surface area contributed by atoms with Crippen molar-refractivity contribution in [2.24, 2.45) is 0 Å². The number of ether oxygens (including phenoxy) is 3. The van der Waals surface area contributed by atoms with Gasteiger partial charge in [0.2, 0.25) is 0 Å². The third-order valence-corrected chi connectivity index (χ3v) is 6.94. The predicted molar refractivity (Wildman–Crippen MR) is 145 cm³/mol. The van der Waals surface area contributed by atoms with Crippen molar-refractivity contribution in [2.75, 3.05) is 19.1 Å². The minimum atomic E-state index is -0.159. The number of rotatable bonds is 7. The Bertz CT molecular complexity index is 1210. The van der Waals surface area contributed by atoms with E-state index in [0.29, 0.717) is 33.0 Å². The molecule has 3 aromatic rings. The van der Waals surface area contributed by atoms with Crippen LogP contribution in [0.1, 0.15) is 11.1 Å². The van der Waals surface area contributed by atoms with Crippen molar-refractivity contribution < 1.29 is 19.0 Å². The molecule has 0 spiro atoms. The first-order valence-electron chi connectivity index (χ1n) is 9.96. The summed E-state index contributed by atoms with van der Waals surface area (Å²) in [7, 11) is 3.20. The maximum absolute atomic E-state index is 13.0. The van der Waals surface area contributed by atoms with E-state index < -0.39 is 0 Å². The van der Waals surface area contributed by atoms with E-state index in [4.69, 9.17) is 26.4 Å². The Morgan fingerprint density at radius 1 is 0.970 bits per heavy atom. The van der Waals surface area contributed by atoms with Crippen molar-refractivity contribution in [3.05, 3.63) is 86.3 Å². The second-order valence-electron chi connectivity index (χ2n) is 7.04. The van der Waals surface area contributed by atoms with Crippen molar-refractivity contribution in [3.63, 3.8) is 0 Å². The number of thioether (sulfide) groups is 1. The highest BCUT2D eigenvalue weighted by Crippen LogP contribution is 2.37. The molecule has 0 aromatic heterocycles. The Labute approximate surface area is 215 Å². The van der Waals surface area contributed by atoms with Gasteiger partial charge >= 0.3 is 0 Å². The maximum Gasteiger partial charge on any atom is 0.270 e. The Kier molecular flexibility index (Phi) is 7.56. The van der Waals surface area contributed by atoms with E-state index in [1.165, 1.54) is 20.2 Å². The summed E-state index contributed by atoms with van der Waals surface area (Å²) >= 11 is 9.01. The summed E-state index contributed by atoms with van der Waals surface area (Å²) in [6, 6.07) is 21.0. The van der Waals surface area contributed by atoms with Gasteiger partial charge in [0, 0.05) is 3.57 Å². The molecule has 0 radical (unpaired) electrons. The molecular weight excluding hydrogens is 569 g/mol. The number of halogens is 1. The third-order valence-electron chi connectivity index (χ3n) is 4.92. The topological polar surface area (TPSA) is 48.0 Å². The van der Waals surface area contributed by atoms with Crippen LogP contribution in [0.3, 0.4) is 0 Å². The fourth-order valence-corrected chi connectivity index (χ4v) is 4.87. The molecule has 0 unspecified atom stereocenters. The van der Waals surface area contributed by atoms with Crippen molar-refractivity contribution in [1.29, 1.82) is 0 Å². The summed E-state index contributed by atoms with van der Waals surface area (Å²) < 4.78 is 18.3. The Hall–Kier alpha value is -2.56. The van der Waals surface area contributed by atoms with Gasteiger partial charge in [0.05, 0.1) is 24.8 Å². The van der Waals surface area contributed by atoms with Gasteiger partial charge in [-0.2, -0.15) is 0 Å². The maximum atomic E-state index is 13.0. The molecule has 8 heteroatoms. The summed E-state index contributed by atoms with van der Waals surface area (Å²) in [6.07, 6.45) is 1.81. The molecule has 0 N–H and O–H groups in total. The van der Waals surface area contributed by atoms with Gasteiger partial charge in [0.25, 0.3) is 5.91 Å². The minimum Gasteiger partial charge on any atom is -0.497 e. The molecule has 0 atom stereocenters. The van der Waals surface area contributed by atoms with Crippen molar-refractivity contribution in [1.82, 2.24) is 0 Å². The molecule has 33 heavy (non-hydrogen) atoms. The number of anilines is 1. The van der Waals surface area contributed by atoms with Gasteiger partial charge in [-0.3, -0.25) is 9.69 Å². The zero-order chi connectivity index (χ0) is 23.4. The number of carbonyl (C=O) groups is 1. The summed E-state index contributed by atoms with van der Waals surface area (Å²) in [4.78, 5) is 15.1. The van der Waals surface area contributed by atoms with Gasteiger partial charge in [-0.05, 0) is 88.3 Å². The van der Waals surface area contributed by atoms with Gasteiger partial charge in [-0.25, -0.2) is 0 Å². The average molecular weight is 589 g/mol. The smallest absolute Gasteiger partial charge is 0.270 e. The molecule has 1 heterocycles. The average Bonchev–Trinajstić information content (AvgIpc) is 3.11. The highest BCUT2D eigenvalue weighted by Gasteiger charge is 2.33. The third kappa shape index (κ3) is 5.51. The molecule has 0 saturated carbocycles. The van der Waals surface area contributed by atoms with Crippen molar-refractivity contribution in [3.8, 4) is 17.2 Å². The number of methoxy groups -OCH3 is 2. The first kappa shape index (κ1) is 23.6. The second-order valence-corrected chi connectivity index (χ2v) is 9.96. The molecule has 1 aliphatic heterocycles. The minimum absolute atomic E-state index is 0.159. The van der Waals surface area contributed by atoms with Crippen LogP contribution in [-0.2, 0) is 11.4 Å². The largest absolute Gasteiger partial charge is 0.497 e. The fraction of sp³-hybridized carbons (Fsp3) is 0.120. The number of thiocarbonyl (C=S) groups is 1. The van der Waals surface area contributed by atoms with Crippen LogP contribution in [-0.4, -0.2) is 24.4 Å². The molecule has 4 rings (SSSR count). The van der Waals surface area contributed by atoms with Crippen molar-refractivity contribution in [2.45, 2.75) is 6.61 Å². The van der Waals surface area contributed by atoms with E-state index in [9.17, 15) is 4.79 Å². The standard InChI is InChI=1S/C25H20INO4S2/c1-29-20-10-8-19(9-11-20)27-24(28)23(33-25(27)32)14-17-5-12-21(22(13-17)30-2)31-15-16-3-6-18(26)7-4-16/h3-14H,15H2,1-2H3/b23-14+. The van der Waals surface area contributed by atoms with E-state index in [-0.39, 0.29) is 5.91 Å². The quantitative estimate of drug-likeness (QED) is 0.183. The van der Waals surface area contributed by atoms with Crippen LogP contribution in [0.15, 0.2) is 71.6 Å². The molecule has 168 valence electrons. The fourth-order valence-electron chi connectivity index (χ4n) is 3.21. The van der Waals surface area contributed by atoms with Crippen LogP contribution in [0.5, 0.6) is 17.2 Å². The summed E-state index contributed by atoms with van der Waals surface area (Å²) in [5.74, 6) is 1.79. The van der Waals surface area contributed by atoms with Crippen LogP contribution < -0.4 is 19.1 Å². The van der Waals surface area contributed by atoms with E-state index in [0.717, 1.165) is 16.9 Å². The predicted octanol–water partition coefficient (Wildman–Crippen LogP) is 6.29. The highest BCUT2D eigenvalue weighted by atomic mass is 127. The van der Waals surface area contributed by atoms with Gasteiger partial charge in [-0.15, -0.1) is 0 Å². The highest BCUT2D eigenvalue weighted by molar-refractivity contribution is 14.1. The lowest BCUT2D eigenvalue weighted by Gasteiger charge is -2.14. The molecule has 1 aliphatic rings. The SMILES string of the molecule is COc1ccc(N2C(=O)/C(=C\c3ccc(OCc4ccc(I)cc4)c(OC)c3)SC2=S)cc1. The summed E-state index contributed by atoms with van der Waals surface area (Å²) in [5, 5.41) is 0. The lowest BCUT2D eigenvalue weighted by molar-refractivity contribution is -0.113. The Morgan fingerprint density at radius 2 is 1.70 bits per heavy atom. The van der Waals surface area contributed by atoms with Crippen LogP contribution in [0, 0.1) is 3.57 Å². The number of nitrogens with zero attached hydrogens (tertiary/aromatic N) is 1. The van der Waals surface area contributed by atoms with E-state index >= 15 is 0 Å². The number of amides is 1. The molecular formula is C25H20INO4S2. The first-order chi connectivity index (χ1) is 16.0. The molecule has 0 aliphatic carbocycles. The van der Waals surface area contributed by atoms with Crippen LogP contribution in [0.2, 0.25) is 0 Å². The number of hydrogen-bond acceptors (Lipinski definition) is 6. The Balaban J connectivity index is 1.51. The molecule has 1 saturated heterocycles. The second kappa shape index (κ2) is 10.6. The van der Waals surface area contributed by atoms with E-state index in [1.54, 1.807) is 26.4 Å². The van der Waals surface area contributed by atoms with Crippen molar-refractivity contribution >= 4 is 68.6 Å². The molecule has 3 aromatic carbocycles. The Morgan fingerprint density at radius 3 is 2.36 bits per heavy atom. The zero-order valence-corrected chi connectivity index (χ0v) is 21.7. The lowest BCUT2D eigenvalue weighted by Crippen LogP contribution is -2.27. The van der Waals surface area contributed by atoms with Crippen LogP contribution in [0.4, 0.5) is 5.69 Å². The monoisotopic (exact) mass is 589 g/mol.